The van der Waals surface area contributed by atoms with E-state index in [1.54, 1.807) is 18.5 Å². The summed E-state index contributed by atoms with van der Waals surface area (Å²) in [5.41, 5.74) is -4.65. The summed E-state index contributed by atoms with van der Waals surface area (Å²) in [4.78, 5) is 57.5. The number of aliphatic hydroxyl groups excluding tert-OH is 1. The number of ether oxygens (including phenoxy) is 2. The number of pyridine rings is 1. The maximum absolute atomic E-state index is 12.9. The Bertz CT molecular complexity index is 2860. The molecule has 470 valence electrons. The predicted octanol–water partition coefficient (Wildman–Crippen LogP) is -3.53. The molecule has 5 atom stereocenters. The number of aliphatic hydroxyl groups is 1. The third kappa shape index (κ3) is 50.6. The molecule has 0 aliphatic carbocycles. The molecule has 0 saturated heterocycles. The maximum Gasteiger partial charge on any atom is 1.00 e. The van der Waals surface area contributed by atoms with Gasteiger partial charge < -0.3 is 47.9 Å². The van der Waals surface area contributed by atoms with E-state index in [2.05, 4.69) is 58.0 Å². The monoisotopic (exact) mass is 1330 g/mol. The molecule has 1 rings (SSSR count). The second kappa shape index (κ2) is 46.7. The van der Waals surface area contributed by atoms with Crippen LogP contribution in [0, 0.1) is 52.4 Å². The van der Waals surface area contributed by atoms with Gasteiger partial charge in [-0.3, -0.25) is 24.2 Å². The van der Waals surface area contributed by atoms with Crippen LogP contribution >= 0.6 is 0 Å². The van der Waals surface area contributed by atoms with Crippen molar-refractivity contribution in [1.29, 1.82) is 21.0 Å². The van der Waals surface area contributed by atoms with Crippen LogP contribution in [0.2, 0.25) is 0 Å². The quantitative estimate of drug-likeness (QED) is 0.00896. The number of nitriles is 4. The molecule has 0 aliphatic heterocycles. The Balaban J connectivity index is -0.000000153. The van der Waals surface area contributed by atoms with Crippen LogP contribution in [0.25, 0.3) is 0 Å². The summed E-state index contributed by atoms with van der Waals surface area (Å²) in [6, 6.07) is 14.4. The van der Waals surface area contributed by atoms with Crippen LogP contribution in [0.5, 0.6) is 0 Å². The molecule has 0 radical (unpaired) electrons. The first-order valence-corrected chi connectivity index (χ1v) is 27.0. The summed E-state index contributed by atoms with van der Waals surface area (Å²) in [6.07, 6.45) is 1.71. The van der Waals surface area contributed by atoms with Gasteiger partial charge in [-0.15, -0.1) is 0 Å². The molecular formula is C44H62F6N12Na3O18S3-. The Kier molecular flexibility index (Phi) is 53.2. The van der Waals surface area contributed by atoms with Crippen LogP contribution in [-0.2, 0) is 59.0 Å². The van der Waals surface area contributed by atoms with Crippen molar-refractivity contribution < 1.29 is 198 Å². The molecule has 0 spiro atoms. The second-order valence-corrected chi connectivity index (χ2v) is 21.9. The molecule has 0 fully saturated rings. The number of rotatable bonds is 24. The van der Waals surface area contributed by atoms with E-state index in [-0.39, 0.29) is 134 Å². The van der Waals surface area contributed by atoms with Crippen LogP contribution < -0.4 is 93.6 Å². The first-order valence-electron chi connectivity index (χ1n) is 22.7. The Morgan fingerprint density at radius 3 is 1.14 bits per heavy atom. The molecule has 0 saturated carbocycles. The smallest absolute Gasteiger partial charge is 0.753 e. The largest absolute Gasteiger partial charge is 1.00 e. The van der Waals surface area contributed by atoms with Crippen LogP contribution in [-0.4, -0.2) is 167 Å². The summed E-state index contributed by atoms with van der Waals surface area (Å²) < 4.78 is 163. The van der Waals surface area contributed by atoms with E-state index in [0.29, 0.717) is 12.1 Å². The Hall–Kier alpha value is -4.33. The molecule has 0 aliphatic rings. The summed E-state index contributed by atoms with van der Waals surface area (Å²) in [5, 5.41) is 63.9. The number of aromatic nitrogens is 1. The van der Waals surface area contributed by atoms with Gasteiger partial charge in [0.2, 0.25) is 0 Å². The first kappa shape index (κ1) is 97.9. The number of alkyl halides is 4. The van der Waals surface area contributed by atoms with Gasteiger partial charge >= 0.3 is 122 Å². The first-order chi connectivity index (χ1) is 37.5. The van der Waals surface area contributed by atoms with Crippen molar-refractivity contribution in [2.24, 2.45) is 30.4 Å². The third-order valence-corrected chi connectivity index (χ3v) is 10.8. The average molecular weight is 1330 g/mol. The van der Waals surface area contributed by atoms with Gasteiger partial charge in [-0.05, 0) is 93.2 Å². The molecule has 0 aromatic carbocycles. The van der Waals surface area contributed by atoms with Crippen LogP contribution in [0.15, 0.2) is 55.0 Å². The molecule has 30 nitrogen and oxygen atoms in total. The zero-order valence-electron chi connectivity index (χ0n) is 49.1. The van der Waals surface area contributed by atoms with Gasteiger partial charge in [0.05, 0.1) is 52.5 Å². The number of aliphatic imine (C=N–C) groups is 2. The van der Waals surface area contributed by atoms with Gasteiger partial charge in [0.1, 0.15) is 6.61 Å². The van der Waals surface area contributed by atoms with Gasteiger partial charge in [0.15, 0.2) is 49.0 Å². The second-order valence-electron chi connectivity index (χ2n) is 17.6. The summed E-state index contributed by atoms with van der Waals surface area (Å²) in [5.74, 6) is -4.11. The number of azo groups is 2. The number of halogens is 6. The number of anilines is 1. The van der Waals surface area contributed by atoms with Crippen molar-refractivity contribution in [3.63, 3.8) is 0 Å². The standard InChI is InChI=1S/C15H19F2N4O7S.C12H16N4O4.C7H10N2.C7H14N2.C2H4F2O4S.CH2F2O3S.3Na/c1-13(8-18,6-4-11(22)27-3)20-21-14(2,9-19)7-5-12(23)28-10-15(16,17)29(24,25)26;1-11(7-13,5-3-9(17)18)15-16-12(2,8-14)6-4-10(19)20;1-9(2)7-3-5-8-6-4-7;1-6(2)8-5-9-7(3)4;3-2(4,1-5)9(6,7)8;2-1(3)7(4,5)6;;;/h3-7,10H2,1-2H3,(H,24,25,26);3-6H2,1-2H3,(H,17,18)(H,19,20);3-6H,1-2H3;6-7H,1-4H3;5H,1H2,(H,6,7,8);(H2,4,5,6);;;/q-1;;;;;;3*+1/p-3. The number of carboxylic acids is 2. The zero-order valence-corrected chi connectivity index (χ0v) is 57.6. The molecule has 86 heavy (non-hydrogen) atoms. The number of carboxylic acid groups (broad SMARTS) is 2. The number of carbonyl (C=O) groups is 4. The zero-order chi connectivity index (χ0) is 66.5. The fourth-order valence-corrected chi connectivity index (χ4v) is 4.07. The molecule has 0 amide bonds. The SMILES string of the molecule is CC(C#N)(CCC(=O)O)N=NC(C)(C#N)CCC(=O)O.CC(C)N=C=NC(C)C.CN(C)c1ccncc1.O=S(=O)([O-])C(F)(F)CO.O=S([O-])(O)=C(F)F.[CH2-]OC(=O)CCC(C)(C#N)N=NC(C)(C#N)CCC(=O)OCC(F)(F)S(=O)(=O)[O-].[Na+].[Na+].[Na+]. The minimum absolute atomic E-state index is 0. The Labute approximate surface area is 560 Å². The molecule has 1 heterocycles. The predicted molar refractivity (Wildman–Crippen MR) is 274 cm³/mol. The number of aliphatic carboxylic acids is 2. The molecule has 4 N–H and O–H groups in total. The molecule has 1 aromatic heterocycles. The summed E-state index contributed by atoms with van der Waals surface area (Å²) >= 11 is 0. The summed E-state index contributed by atoms with van der Waals surface area (Å²) in [7, 11) is -9.90. The molecule has 0 bridgehead atoms. The normalized spacial score (nSPS) is 14.2. The van der Waals surface area contributed by atoms with Gasteiger partial charge in [-0.25, -0.2) is 31.0 Å². The summed E-state index contributed by atoms with van der Waals surface area (Å²) in [6.45, 7) is 9.48. The van der Waals surface area contributed by atoms with Crippen molar-refractivity contribution in [3.05, 3.63) is 31.6 Å². The fourth-order valence-electron chi connectivity index (χ4n) is 3.71. The average Bonchev–Trinajstić information content (AvgIpc) is 3.38. The number of nitrogens with zero attached hydrogens (tertiary/aromatic N) is 12. The van der Waals surface area contributed by atoms with Gasteiger partial charge in [0, 0.05) is 57.9 Å². The van der Waals surface area contributed by atoms with Crippen molar-refractivity contribution in [1.82, 2.24) is 4.98 Å². The van der Waals surface area contributed by atoms with Crippen LogP contribution in [0.1, 0.15) is 107 Å². The van der Waals surface area contributed by atoms with Crippen molar-refractivity contribution >= 4 is 71.3 Å². The number of carbonyl (C=O) groups excluding carboxylic acids is 2. The molecular weight excluding hydrogens is 1260 g/mol. The van der Waals surface area contributed by atoms with Crippen molar-refractivity contribution in [3.8, 4) is 24.3 Å². The maximum atomic E-state index is 12.9. The number of hydrogen-bond donors (Lipinski definition) is 4. The Morgan fingerprint density at radius 1 is 0.651 bits per heavy atom. The number of hydrogen-bond acceptors (Lipinski definition) is 27. The van der Waals surface area contributed by atoms with Gasteiger partial charge in [-0.1, -0.05) is 0 Å². The van der Waals surface area contributed by atoms with E-state index in [1.807, 2.05) is 77.0 Å². The molecule has 42 heteroatoms. The van der Waals surface area contributed by atoms with E-state index in [4.69, 9.17) is 39.2 Å². The van der Waals surface area contributed by atoms with Gasteiger partial charge in [-0.2, -0.15) is 75.0 Å². The minimum atomic E-state index is -6.00. The van der Waals surface area contributed by atoms with Gasteiger partial charge in [0.25, 0.3) is 5.97 Å². The fraction of sp³-hybridized carbons (Fsp3) is 0.636. The van der Waals surface area contributed by atoms with Crippen molar-refractivity contribution in [2.45, 2.75) is 152 Å². The van der Waals surface area contributed by atoms with Crippen LogP contribution in [0.3, 0.4) is 0 Å². The van der Waals surface area contributed by atoms with Crippen LogP contribution in [0.4, 0.5) is 32.0 Å². The molecule has 5 unspecified atom stereocenters. The van der Waals surface area contributed by atoms with E-state index in [0.717, 1.165) is 0 Å². The third-order valence-electron chi connectivity index (χ3n) is 8.71. The van der Waals surface area contributed by atoms with E-state index in [1.165, 1.54) is 33.4 Å². The van der Waals surface area contributed by atoms with E-state index in [9.17, 15) is 82.0 Å². The Morgan fingerprint density at radius 2 is 0.942 bits per heavy atom. The van der Waals surface area contributed by atoms with E-state index < -0.39 is 112 Å². The molecule has 1 aromatic rings. The minimum Gasteiger partial charge on any atom is -0.753 e. The van der Waals surface area contributed by atoms with E-state index >= 15 is 0 Å². The topological polar surface area (TPSA) is 508 Å². The number of esters is 2. The van der Waals surface area contributed by atoms with Crippen molar-refractivity contribution in [2.75, 3.05) is 32.2 Å².